The Morgan fingerprint density at radius 2 is 2.25 bits per heavy atom. The summed E-state index contributed by atoms with van der Waals surface area (Å²) in [6.07, 6.45) is 3.79. The Morgan fingerprint density at radius 3 is 2.90 bits per heavy atom. The zero-order chi connectivity index (χ0) is 14.8. The van der Waals surface area contributed by atoms with E-state index in [4.69, 9.17) is 17.3 Å². The maximum absolute atomic E-state index is 12.3. The second kappa shape index (κ2) is 5.76. The first-order chi connectivity index (χ1) is 9.39. The fraction of sp³-hybridized carbons (Fsp3) is 0.462. The van der Waals surface area contributed by atoms with Gasteiger partial charge in [0.25, 0.3) is 5.91 Å². The molecule has 20 heavy (non-hydrogen) atoms. The van der Waals surface area contributed by atoms with Gasteiger partial charge in [0.2, 0.25) is 5.91 Å². The number of carbonyl (C=O) groups excluding carboxylic acids is 2. The number of amides is 2. The van der Waals surface area contributed by atoms with Gasteiger partial charge in [-0.15, -0.1) is 0 Å². The number of hydrogen-bond acceptors (Lipinski definition) is 4. The number of piperidine rings is 1. The molecule has 0 radical (unpaired) electrons. The van der Waals surface area contributed by atoms with Gasteiger partial charge in [-0.05, 0) is 18.9 Å². The topological polar surface area (TPSA) is 96.5 Å². The van der Waals surface area contributed by atoms with Gasteiger partial charge < -0.3 is 15.7 Å². The van der Waals surface area contributed by atoms with Crippen LogP contribution in [-0.2, 0) is 4.79 Å². The predicted molar refractivity (Wildman–Crippen MR) is 73.1 cm³/mol. The number of likely N-dealkylation sites (tertiary alicyclic amines) is 1. The first kappa shape index (κ1) is 14.7. The molecule has 2 heterocycles. The van der Waals surface area contributed by atoms with Crippen LogP contribution in [0.1, 0.15) is 29.6 Å². The first-order valence-corrected chi connectivity index (χ1v) is 6.68. The van der Waals surface area contributed by atoms with Gasteiger partial charge in [0.05, 0.1) is 29.2 Å². The summed E-state index contributed by atoms with van der Waals surface area (Å²) in [5, 5.41) is 10.7. The zero-order valence-corrected chi connectivity index (χ0v) is 11.6. The van der Waals surface area contributed by atoms with E-state index in [1.54, 1.807) is 0 Å². The van der Waals surface area contributed by atoms with Crippen molar-refractivity contribution < 1.29 is 14.7 Å². The highest BCUT2D eigenvalue weighted by molar-refractivity contribution is 6.30. The number of β-amino-alcohol motifs (C(OH)–C–C–N with tert-alkyl or cyclic N) is 1. The average Bonchev–Trinajstić information content (AvgIpc) is 2.36. The number of aliphatic hydroxyl groups is 1. The summed E-state index contributed by atoms with van der Waals surface area (Å²) in [6, 6.07) is 1.53. The molecular formula is C13H16ClN3O3. The van der Waals surface area contributed by atoms with Gasteiger partial charge in [-0.2, -0.15) is 0 Å². The lowest BCUT2D eigenvalue weighted by Crippen LogP contribution is -2.51. The quantitative estimate of drug-likeness (QED) is 0.853. The molecule has 3 N–H and O–H groups in total. The Balaban J connectivity index is 2.12. The molecular weight excluding hydrogens is 282 g/mol. The monoisotopic (exact) mass is 297 g/mol. The molecule has 1 aliphatic rings. The number of pyridine rings is 1. The molecule has 0 aromatic carbocycles. The molecule has 0 spiro atoms. The highest BCUT2D eigenvalue weighted by Gasteiger charge is 2.36. The maximum Gasteiger partial charge on any atom is 0.255 e. The standard InChI is InChI=1S/C13H16ClN3O3/c14-10-4-9(6-16-7-10)12(19)17-3-1-2-13(20,8-17)5-11(15)18/h4,6-7,20H,1-3,5,8H2,(H2,15,18). The van der Waals surface area contributed by atoms with Crippen molar-refractivity contribution in [2.45, 2.75) is 24.9 Å². The lowest BCUT2D eigenvalue weighted by Gasteiger charge is -2.38. The van der Waals surface area contributed by atoms with Gasteiger partial charge in [0, 0.05) is 18.9 Å². The third kappa shape index (κ3) is 3.46. The van der Waals surface area contributed by atoms with Crippen molar-refractivity contribution >= 4 is 23.4 Å². The van der Waals surface area contributed by atoms with Crippen molar-refractivity contribution in [3.63, 3.8) is 0 Å². The number of aromatic nitrogens is 1. The van der Waals surface area contributed by atoms with Gasteiger partial charge in [0.15, 0.2) is 0 Å². The number of nitrogens with two attached hydrogens (primary N) is 1. The number of hydrogen-bond donors (Lipinski definition) is 2. The molecule has 7 heteroatoms. The molecule has 2 rings (SSSR count). The van der Waals surface area contributed by atoms with Crippen molar-refractivity contribution in [2.75, 3.05) is 13.1 Å². The van der Waals surface area contributed by atoms with Crippen LogP contribution in [-0.4, -0.2) is 45.5 Å². The van der Waals surface area contributed by atoms with Gasteiger partial charge in [-0.3, -0.25) is 14.6 Å². The second-order valence-corrected chi connectivity index (χ2v) is 5.53. The molecule has 1 atom stereocenters. The van der Waals surface area contributed by atoms with Crippen LogP contribution in [0.25, 0.3) is 0 Å². The number of carbonyl (C=O) groups is 2. The summed E-state index contributed by atoms with van der Waals surface area (Å²) in [7, 11) is 0. The molecule has 0 aliphatic carbocycles. The molecule has 1 aromatic heterocycles. The van der Waals surface area contributed by atoms with Gasteiger partial charge in [-0.25, -0.2) is 0 Å². The molecule has 0 saturated carbocycles. The van der Waals surface area contributed by atoms with Crippen LogP contribution in [0.5, 0.6) is 0 Å². The summed E-state index contributed by atoms with van der Waals surface area (Å²) in [5.74, 6) is -0.839. The Morgan fingerprint density at radius 1 is 1.50 bits per heavy atom. The molecule has 1 aromatic rings. The summed E-state index contributed by atoms with van der Waals surface area (Å²) >= 11 is 5.81. The van der Waals surface area contributed by atoms with Gasteiger partial charge >= 0.3 is 0 Å². The SMILES string of the molecule is NC(=O)CC1(O)CCCN(C(=O)c2cncc(Cl)c2)C1. The third-order valence-electron chi connectivity index (χ3n) is 3.30. The van der Waals surface area contributed by atoms with Crippen LogP contribution in [0.15, 0.2) is 18.5 Å². The zero-order valence-electron chi connectivity index (χ0n) is 10.9. The fourth-order valence-electron chi connectivity index (χ4n) is 2.47. The number of nitrogens with zero attached hydrogens (tertiary/aromatic N) is 2. The Bertz CT molecular complexity index is 537. The van der Waals surface area contributed by atoms with Crippen LogP contribution >= 0.6 is 11.6 Å². The molecule has 6 nitrogen and oxygen atoms in total. The average molecular weight is 298 g/mol. The molecule has 1 unspecified atom stereocenters. The first-order valence-electron chi connectivity index (χ1n) is 6.30. The Labute approximate surface area is 121 Å². The van der Waals surface area contributed by atoms with Crippen LogP contribution in [0.4, 0.5) is 0 Å². The van der Waals surface area contributed by atoms with E-state index < -0.39 is 11.5 Å². The minimum absolute atomic E-state index is 0.0846. The van der Waals surface area contributed by atoms with Crippen LogP contribution in [0, 0.1) is 0 Å². The van der Waals surface area contributed by atoms with Crippen LogP contribution in [0.3, 0.4) is 0 Å². The second-order valence-electron chi connectivity index (χ2n) is 5.09. The van der Waals surface area contributed by atoms with Gasteiger partial charge in [0.1, 0.15) is 0 Å². The highest BCUT2D eigenvalue weighted by Crippen LogP contribution is 2.25. The van der Waals surface area contributed by atoms with E-state index >= 15 is 0 Å². The summed E-state index contributed by atoms with van der Waals surface area (Å²) in [6.45, 7) is 0.605. The summed E-state index contributed by atoms with van der Waals surface area (Å²) in [4.78, 5) is 28.7. The predicted octanol–water partition coefficient (Wildman–Crippen LogP) is 0.578. The number of halogens is 1. The Kier molecular flexibility index (Phi) is 4.25. The van der Waals surface area contributed by atoms with Gasteiger partial charge in [-0.1, -0.05) is 11.6 Å². The summed E-state index contributed by atoms with van der Waals surface area (Å²) in [5.41, 5.74) is 4.25. The van der Waals surface area contributed by atoms with E-state index in [1.807, 2.05) is 0 Å². The number of rotatable bonds is 3. The van der Waals surface area contributed by atoms with Crippen molar-refractivity contribution in [1.29, 1.82) is 0 Å². The smallest absolute Gasteiger partial charge is 0.255 e. The van der Waals surface area contributed by atoms with E-state index in [0.717, 1.165) is 0 Å². The van der Waals surface area contributed by atoms with Crippen molar-refractivity contribution in [1.82, 2.24) is 9.88 Å². The molecule has 108 valence electrons. The Hall–Kier alpha value is -1.66. The minimum atomic E-state index is -1.24. The fourth-order valence-corrected chi connectivity index (χ4v) is 2.64. The number of primary amides is 1. The normalized spacial score (nSPS) is 22.6. The highest BCUT2D eigenvalue weighted by atomic mass is 35.5. The van der Waals surface area contributed by atoms with Crippen molar-refractivity contribution in [2.24, 2.45) is 5.73 Å². The van der Waals surface area contributed by atoms with Crippen molar-refractivity contribution in [3.8, 4) is 0 Å². The van der Waals surface area contributed by atoms with E-state index in [-0.39, 0.29) is 18.9 Å². The van der Waals surface area contributed by atoms with E-state index in [9.17, 15) is 14.7 Å². The van der Waals surface area contributed by atoms with E-state index in [2.05, 4.69) is 4.98 Å². The lowest BCUT2D eigenvalue weighted by molar-refractivity contribution is -0.125. The van der Waals surface area contributed by atoms with Crippen LogP contribution < -0.4 is 5.73 Å². The molecule has 2 amide bonds. The molecule has 1 fully saturated rings. The van der Waals surface area contributed by atoms with E-state index in [1.165, 1.54) is 23.4 Å². The van der Waals surface area contributed by atoms with Crippen LogP contribution in [0.2, 0.25) is 5.02 Å². The molecule has 1 saturated heterocycles. The lowest BCUT2D eigenvalue weighted by atomic mass is 9.89. The summed E-state index contributed by atoms with van der Waals surface area (Å²) < 4.78 is 0. The van der Waals surface area contributed by atoms with E-state index in [0.29, 0.717) is 30.0 Å². The third-order valence-corrected chi connectivity index (χ3v) is 3.50. The minimum Gasteiger partial charge on any atom is -0.388 e. The largest absolute Gasteiger partial charge is 0.388 e. The molecule has 1 aliphatic heterocycles. The van der Waals surface area contributed by atoms with Crippen molar-refractivity contribution in [3.05, 3.63) is 29.0 Å². The maximum atomic E-state index is 12.3. The molecule has 0 bridgehead atoms.